The number of nitro groups is 1. The van der Waals surface area contributed by atoms with Crippen LogP contribution < -0.4 is 5.43 Å². The number of hydrogen-bond donors (Lipinski definition) is 1. The second-order valence-electron chi connectivity index (χ2n) is 4.84. The quantitative estimate of drug-likeness (QED) is 0.388. The molecule has 0 spiro atoms. The van der Waals surface area contributed by atoms with Crippen LogP contribution in [0.15, 0.2) is 59.5 Å². The van der Waals surface area contributed by atoms with Crippen molar-refractivity contribution in [3.8, 4) is 0 Å². The molecule has 1 heterocycles. The Morgan fingerprint density at radius 3 is 2.42 bits per heavy atom. The van der Waals surface area contributed by atoms with Crippen molar-refractivity contribution in [2.45, 2.75) is 0 Å². The maximum absolute atomic E-state index is 12.5. The van der Waals surface area contributed by atoms with Gasteiger partial charge in [0.05, 0.1) is 15.5 Å². The minimum absolute atomic E-state index is 0.00504. The lowest BCUT2D eigenvalue weighted by Gasteiger charge is -2.16. The number of non-ortho nitro benzene ring substituents is 1. The Morgan fingerprint density at radius 1 is 1.12 bits per heavy atom. The zero-order valence-corrected chi connectivity index (χ0v) is 13.8. The monoisotopic (exact) mass is 357 g/mol. The molecule has 1 aliphatic heterocycles. The van der Waals surface area contributed by atoms with Gasteiger partial charge < -0.3 is 0 Å². The third-order valence-electron chi connectivity index (χ3n) is 3.21. The minimum atomic E-state index is -0.465. The Bertz CT molecular complexity index is 835. The highest BCUT2D eigenvalue weighted by molar-refractivity contribution is 8.26. The summed E-state index contributed by atoms with van der Waals surface area (Å²) < 4.78 is 0.400. The number of thioether (sulfide) groups is 1. The second-order valence-corrected chi connectivity index (χ2v) is 6.52. The Morgan fingerprint density at radius 2 is 1.79 bits per heavy atom. The lowest BCUT2D eigenvalue weighted by Crippen LogP contribution is -2.33. The van der Waals surface area contributed by atoms with Crippen molar-refractivity contribution in [2.24, 2.45) is 0 Å². The molecule has 1 fully saturated rings. The van der Waals surface area contributed by atoms with Crippen molar-refractivity contribution in [3.05, 3.63) is 75.2 Å². The first-order valence-corrected chi connectivity index (χ1v) is 8.11. The van der Waals surface area contributed by atoms with Crippen molar-refractivity contribution < 1.29 is 9.72 Å². The molecule has 0 bridgehead atoms. The van der Waals surface area contributed by atoms with Gasteiger partial charge in [-0.2, -0.15) is 0 Å². The largest absolute Gasteiger partial charge is 0.290 e. The molecular formula is C16H11N3O3S2. The van der Waals surface area contributed by atoms with Gasteiger partial charge in [-0.05, 0) is 48.1 Å². The number of benzene rings is 2. The molecule has 1 amide bonds. The Kier molecular flexibility index (Phi) is 4.59. The van der Waals surface area contributed by atoms with Crippen molar-refractivity contribution >= 4 is 51.7 Å². The van der Waals surface area contributed by atoms with Gasteiger partial charge in [0, 0.05) is 12.1 Å². The van der Waals surface area contributed by atoms with Gasteiger partial charge in [0.1, 0.15) is 0 Å². The highest BCUT2D eigenvalue weighted by Gasteiger charge is 2.32. The van der Waals surface area contributed by atoms with Gasteiger partial charge in [-0.1, -0.05) is 30.0 Å². The van der Waals surface area contributed by atoms with Crippen LogP contribution in [-0.4, -0.2) is 20.2 Å². The summed E-state index contributed by atoms with van der Waals surface area (Å²) >= 11 is 6.42. The molecule has 8 heteroatoms. The van der Waals surface area contributed by atoms with E-state index in [2.05, 4.69) is 5.43 Å². The van der Waals surface area contributed by atoms with Gasteiger partial charge in [0.15, 0.2) is 4.32 Å². The standard InChI is InChI=1S/C16H11N3O3S2/c20-15-14(10-11-6-8-13(9-7-11)19(21)22)24-16(23)18(15)17-12-4-2-1-3-5-12/h1-10,17H. The molecule has 0 aromatic heterocycles. The topological polar surface area (TPSA) is 75.5 Å². The highest BCUT2D eigenvalue weighted by atomic mass is 32.2. The van der Waals surface area contributed by atoms with Gasteiger partial charge in [-0.15, -0.1) is 0 Å². The molecule has 1 aliphatic rings. The maximum atomic E-state index is 12.5. The lowest BCUT2D eigenvalue weighted by molar-refractivity contribution is -0.384. The van der Waals surface area contributed by atoms with Gasteiger partial charge in [-0.25, -0.2) is 5.01 Å². The van der Waals surface area contributed by atoms with Crippen molar-refractivity contribution in [1.29, 1.82) is 0 Å². The first-order chi connectivity index (χ1) is 11.5. The lowest BCUT2D eigenvalue weighted by atomic mass is 10.2. The summed E-state index contributed by atoms with van der Waals surface area (Å²) in [5.41, 5.74) is 4.43. The van der Waals surface area contributed by atoms with Crippen molar-refractivity contribution in [1.82, 2.24) is 5.01 Å². The number of rotatable bonds is 4. The minimum Gasteiger partial charge on any atom is -0.290 e. The number of nitrogens with one attached hydrogen (secondary N) is 1. The Labute approximate surface area is 147 Å². The second kappa shape index (κ2) is 6.81. The molecule has 2 aromatic rings. The van der Waals surface area contributed by atoms with E-state index in [1.807, 2.05) is 30.3 Å². The van der Waals surface area contributed by atoms with Crippen LogP contribution in [0.5, 0.6) is 0 Å². The number of carbonyl (C=O) groups is 1. The third kappa shape index (κ3) is 3.44. The van der Waals surface area contributed by atoms with Gasteiger partial charge in [-0.3, -0.25) is 20.3 Å². The zero-order chi connectivity index (χ0) is 17.1. The number of amides is 1. The van der Waals surface area contributed by atoms with E-state index in [0.717, 1.165) is 5.69 Å². The number of hydrogen-bond acceptors (Lipinski definition) is 6. The first-order valence-electron chi connectivity index (χ1n) is 6.89. The summed E-state index contributed by atoms with van der Waals surface area (Å²) in [5.74, 6) is -0.257. The number of nitro benzene ring substituents is 1. The average molecular weight is 357 g/mol. The van der Waals surface area contributed by atoms with Gasteiger partial charge >= 0.3 is 0 Å². The number of nitrogens with zero attached hydrogens (tertiary/aromatic N) is 2. The molecule has 120 valence electrons. The number of para-hydroxylation sites is 1. The predicted octanol–water partition coefficient (Wildman–Crippen LogP) is 3.82. The molecular weight excluding hydrogens is 346 g/mol. The predicted molar refractivity (Wildman–Crippen MR) is 98.2 cm³/mol. The zero-order valence-electron chi connectivity index (χ0n) is 12.2. The molecule has 1 saturated heterocycles. The van der Waals surface area contributed by atoms with E-state index in [9.17, 15) is 14.9 Å². The molecule has 0 radical (unpaired) electrons. The molecule has 0 unspecified atom stereocenters. The Hall–Kier alpha value is -2.71. The number of carbonyl (C=O) groups excluding carboxylic acids is 1. The summed E-state index contributed by atoms with van der Waals surface area (Å²) in [6.45, 7) is 0. The summed E-state index contributed by atoms with van der Waals surface area (Å²) in [5, 5.41) is 12.0. The summed E-state index contributed by atoms with van der Waals surface area (Å²) in [7, 11) is 0. The van der Waals surface area contributed by atoms with Gasteiger partial charge in [0.2, 0.25) is 0 Å². The molecule has 0 saturated carbocycles. The van der Waals surface area contributed by atoms with Crippen LogP contribution in [0, 0.1) is 10.1 Å². The van der Waals surface area contributed by atoms with E-state index in [0.29, 0.717) is 14.8 Å². The summed E-state index contributed by atoms with van der Waals surface area (Å²) in [6, 6.07) is 15.2. The van der Waals surface area contributed by atoms with E-state index < -0.39 is 4.92 Å². The fraction of sp³-hybridized carbons (Fsp3) is 0. The van der Waals surface area contributed by atoms with E-state index in [-0.39, 0.29) is 11.6 Å². The van der Waals surface area contributed by atoms with Crippen LogP contribution >= 0.6 is 24.0 Å². The van der Waals surface area contributed by atoms with Gasteiger partial charge in [0.25, 0.3) is 11.6 Å². The van der Waals surface area contributed by atoms with Crippen LogP contribution in [0.2, 0.25) is 0 Å². The SMILES string of the molecule is O=C1C(=Cc2ccc([N+](=O)[O-])cc2)SC(=S)N1Nc1ccccc1. The molecule has 6 nitrogen and oxygen atoms in total. The fourth-order valence-corrected chi connectivity index (χ4v) is 3.23. The summed E-state index contributed by atoms with van der Waals surface area (Å²) in [4.78, 5) is 23.1. The average Bonchev–Trinajstić information content (AvgIpc) is 2.84. The molecule has 1 N–H and O–H groups in total. The number of hydrazine groups is 1. The third-order valence-corrected chi connectivity index (χ3v) is 4.51. The van der Waals surface area contributed by atoms with Crippen LogP contribution in [0.3, 0.4) is 0 Å². The molecule has 0 atom stereocenters. The van der Waals surface area contributed by atoms with Crippen molar-refractivity contribution in [3.63, 3.8) is 0 Å². The smallest absolute Gasteiger partial charge is 0.285 e. The van der Waals surface area contributed by atoms with Crippen LogP contribution in [0.25, 0.3) is 6.08 Å². The number of anilines is 1. The molecule has 0 aliphatic carbocycles. The van der Waals surface area contributed by atoms with E-state index in [4.69, 9.17) is 12.2 Å². The molecule has 3 rings (SSSR count). The first kappa shape index (κ1) is 16.2. The maximum Gasteiger partial charge on any atom is 0.285 e. The fourth-order valence-electron chi connectivity index (χ4n) is 2.05. The van der Waals surface area contributed by atoms with E-state index in [1.165, 1.54) is 28.9 Å². The highest BCUT2D eigenvalue weighted by Crippen LogP contribution is 2.32. The van der Waals surface area contributed by atoms with Crippen molar-refractivity contribution in [2.75, 3.05) is 5.43 Å². The van der Waals surface area contributed by atoms with Crippen LogP contribution in [0.1, 0.15) is 5.56 Å². The van der Waals surface area contributed by atoms with E-state index in [1.54, 1.807) is 18.2 Å². The normalized spacial score (nSPS) is 15.8. The van der Waals surface area contributed by atoms with E-state index >= 15 is 0 Å². The van der Waals surface area contributed by atoms with Crippen LogP contribution in [-0.2, 0) is 4.79 Å². The Balaban J connectivity index is 1.79. The summed E-state index contributed by atoms with van der Waals surface area (Å²) in [6.07, 6.45) is 1.66. The van der Waals surface area contributed by atoms with Crippen LogP contribution in [0.4, 0.5) is 11.4 Å². The molecule has 2 aromatic carbocycles. The molecule has 24 heavy (non-hydrogen) atoms. The number of thiocarbonyl (C=S) groups is 1.